The van der Waals surface area contributed by atoms with E-state index in [1.807, 2.05) is 0 Å². The smallest absolute Gasteiger partial charge is 0.330 e. The first-order valence-electron chi connectivity index (χ1n) is 3.51. The fraction of sp³-hybridized carbons (Fsp3) is 0.800. The third-order valence-electron chi connectivity index (χ3n) is 1.35. The molecule has 2 unspecified atom stereocenters. The van der Waals surface area contributed by atoms with Crippen LogP contribution in [0.4, 0.5) is 0 Å². The summed E-state index contributed by atoms with van der Waals surface area (Å²) in [6.45, 7) is -0.848. The van der Waals surface area contributed by atoms with Gasteiger partial charge in [0.1, 0.15) is 0 Å². The molecule has 0 heterocycles. The molecular formula is C5H13N2O5P. The summed E-state index contributed by atoms with van der Waals surface area (Å²) in [6, 6.07) is -0.970. The predicted molar refractivity (Wildman–Crippen MR) is 44.6 cm³/mol. The summed E-state index contributed by atoms with van der Waals surface area (Å²) in [5.41, 5.74) is 10.0. The van der Waals surface area contributed by atoms with Gasteiger partial charge in [-0.25, -0.2) is 0 Å². The normalized spacial score (nSPS) is 17.8. The lowest BCUT2D eigenvalue weighted by Gasteiger charge is -2.11. The summed E-state index contributed by atoms with van der Waals surface area (Å²) in [5.74, 6) is -0.746. The van der Waals surface area contributed by atoms with Crippen LogP contribution in [0.25, 0.3) is 0 Å². The van der Waals surface area contributed by atoms with Crippen LogP contribution in [0, 0.1) is 0 Å². The Morgan fingerprint density at radius 1 is 1.62 bits per heavy atom. The van der Waals surface area contributed by atoms with E-state index in [0.717, 1.165) is 0 Å². The number of rotatable bonds is 6. The van der Waals surface area contributed by atoms with E-state index >= 15 is 0 Å². The van der Waals surface area contributed by atoms with Gasteiger partial charge in [-0.15, -0.1) is 0 Å². The van der Waals surface area contributed by atoms with Crippen molar-refractivity contribution < 1.29 is 23.9 Å². The van der Waals surface area contributed by atoms with Gasteiger partial charge in [-0.3, -0.25) is 13.9 Å². The minimum Gasteiger partial charge on any atom is -0.370 e. The number of amides is 1. The summed E-state index contributed by atoms with van der Waals surface area (Å²) >= 11 is 0. The van der Waals surface area contributed by atoms with Crippen molar-refractivity contribution in [1.29, 1.82) is 0 Å². The Labute approximate surface area is 75.2 Å². The van der Waals surface area contributed by atoms with Gasteiger partial charge < -0.3 is 21.5 Å². The van der Waals surface area contributed by atoms with Gasteiger partial charge in [-0.05, 0) is 6.42 Å². The van der Waals surface area contributed by atoms with Crippen LogP contribution in [0.15, 0.2) is 0 Å². The van der Waals surface area contributed by atoms with Gasteiger partial charge in [0.15, 0.2) is 6.79 Å². The Kier molecular flexibility index (Phi) is 5.12. The molecule has 13 heavy (non-hydrogen) atoms. The van der Waals surface area contributed by atoms with Gasteiger partial charge in [0.2, 0.25) is 5.91 Å². The van der Waals surface area contributed by atoms with Crippen molar-refractivity contribution in [2.45, 2.75) is 12.5 Å². The zero-order valence-electron chi connectivity index (χ0n) is 6.92. The summed E-state index contributed by atoms with van der Waals surface area (Å²) in [6.07, 6.45) is -0.360. The minimum atomic E-state index is -3.82. The van der Waals surface area contributed by atoms with Crippen LogP contribution in [0.5, 0.6) is 0 Å². The molecule has 6 N–H and O–H groups in total. The second-order valence-corrected chi connectivity index (χ2v) is 4.40. The fourth-order valence-corrected chi connectivity index (χ4v) is 1.51. The minimum absolute atomic E-state index is 0.0525. The maximum Gasteiger partial charge on any atom is 0.330 e. The van der Waals surface area contributed by atoms with Gasteiger partial charge in [-0.2, -0.15) is 0 Å². The monoisotopic (exact) mass is 212 g/mol. The molecule has 78 valence electrons. The molecule has 0 saturated heterocycles. The van der Waals surface area contributed by atoms with E-state index in [9.17, 15) is 9.36 Å². The zero-order chi connectivity index (χ0) is 10.5. The number of carbonyl (C=O) groups excluding carboxylic acids is 1. The maximum absolute atomic E-state index is 10.9. The number of carbonyl (C=O) groups is 1. The third kappa shape index (κ3) is 5.73. The molecule has 0 bridgehead atoms. The number of hydrogen-bond donors (Lipinski definition) is 4. The molecule has 7 nitrogen and oxygen atoms in total. The summed E-state index contributed by atoms with van der Waals surface area (Å²) in [7, 11) is -3.82. The summed E-state index contributed by atoms with van der Waals surface area (Å²) < 4.78 is 15.0. The van der Waals surface area contributed by atoms with E-state index in [1.54, 1.807) is 0 Å². The molecule has 0 aromatic heterocycles. The molecule has 2 atom stereocenters. The lowest BCUT2D eigenvalue weighted by Crippen LogP contribution is -2.37. The van der Waals surface area contributed by atoms with Crippen LogP contribution >= 0.6 is 7.60 Å². The molecule has 0 radical (unpaired) electrons. The van der Waals surface area contributed by atoms with E-state index in [-0.39, 0.29) is 12.6 Å². The van der Waals surface area contributed by atoms with Crippen molar-refractivity contribution in [3.05, 3.63) is 0 Å². The van der Waals surface area contributed by atoms with Crippen LogP contribution < -0.4 is 11.5 Å². The first kappa shape index (κ1) is 12.5. The quantitative estimate of drug-likeness (QED) is 0.307. The van der Waals surface area contributed by atoms with Gasteiger partial charge in [0.25, 0.3) is 0 Å². The lowest BCUT2D eigenvalue weighted by atomic mass is 10.2. The van der Waals surface area contributed by atoms with Crippen LogP contribution in [0.1, 0.15) is 6.42 Å². The zero-order valence-corrected chi connectivity index (χ0v) is 7.81. The average Bonchev–Trinajstić information content (AvgIpc) is 2.00. The largest absolute Gasteiger partial charge is 0.370 e. The first-order valence-corrected chi connectivity index (χ1v) is 5.27. The highest BCUT2D eigenvalue weighted by molar-refractivity contribution is 7.52. The van der Waals surface area contributed by atoms with Gasteiger partial charge in [-0.1, -0.05) is 0 Å². The molecule has 0 aliphatic heterocycles. The molecule has 0 aliphatic rings. The van der Waals surface area contributed by atoms with Crippen molar-refractivity contribution in [3.63, 3.8) is 0 Å². The van der Waals surface area contributed by atoms with E-state index in [2.05, 4.69) is 4.52 Å². The van der Waals surface area contributed by atoms with Crippen LogP contribution in [0.3, 0.4) is 0 Å². The first-order chi connectivity index (χ1) is 5.89. The van der Waals surface area contributed by atoms with Gasteiger partial charge in [0.05, 0.1) is 12.2 Å². The van der Waals surface area contributed by atoms with Crippen LogP contribution in [-0.2, 0) is 13.9 Å². The van der Waals surface area contributed by atoms with Crippen molar-refractivity contribution in [3.8, 4) is 0 Å². The number of aliphatic hydroxyl groups is 1. The number of hydrogen-bond acceptors (Lipinski definition) is 5. The van der Waals surface area contributed by atoms with Crippen molar-refractivity contribution in [2.75, 3.05) is 13.0 Å². The van der Waals surface area contributed by atoms with E-state index in [4.69, 9.17) is 21.5 Å². The average molecular weight is 212 g/mol. The molecule has 0 rings (SSSR count). The lowest BCUT2D eigenvalue weighted by molar-refractivity contribution is -0.119. The molecule has 0 aromatic rings. The summed E-state index contributed by atoms with van der Waals surface area (Å²) in [5, 5.41) is 8.20. The third-order valence-corrected chi connectivity index (χ3v) is 2.69. The highest BCUT2D eigenvalue weighted by Gasteiger charge is 2.21. The number of primary amides is 1. The SMILES string of the molecule is NC(=O)C(N)CCP(=O)(O)OCO. The molecule has 0 aromatic carbocycles. The fourth-order valence-electron chi connectivity index (χ4n) is 0.599. The molecule has 0 saturated carbocycles. The van der Waals surface area contributed by atoms with E-state index in [1.165, 1.54) is 0 Å². The number of aliphatic hydroxyl groups excluding tert-OH is 1. The maximum atomic E-state index is 10.9. The Hall–Kier alpha value is -0.460. The Morgan fingerprint density at radius 2 is 2.15 bits per heavy atom. The second kappa shape index (κ2) is 5.31. The van der Waals surface area contributed by atoms with Gasteiger partial charge in [0, 0.05) is 0 Å². The second-order valence-electron chi connectivity index (χ2n) is 2.42. The van der Waals surface area contributed by atoms with Crippen molar-refractivity contribution in [1.82, 2.24) is 0 Å². The Bertz CT molecular complexity index is 221. The molecule has 0 spiro atoms. The van der Waals surface area contributed by atoms with Gasteiger partial charge >= 0.3 is 7.60 Å². The number of nitrogens with two attached hydrogens (primary N) is 2. The highest BCUT2D eigenvalue weighted by atomic mass is 31.2. The standard InChI is InChI=1S/C5H13N2O5P/c6-4(5(7)9)1-2-13(10,11)12-3-8/h4,8H,1-3,6H2,(H2,7,9)(H,10,11). The topological polar surface area (TPSA) is 136 Å². The molecular weight excluding hydrogens is 199 g/mol. The Balaban J connectivity index is 3.87. The summed E-state index contributed by atoms with van der Waals surface area (Å²) in [4.78, 5) is 19.3. The van der Waals surface area contributed by atoms with E-state index in [0.29, 0.717) is 0 Å². The molecule has 0 fully saturated rings. The predicted octanol–water partition coefficient (Wildman–Crippen LogP) is -1.66. The van der Waals surface area contributed by atoms with E-state index < -0.39 is 26.3 Å². The highest BCUT2D eigenvalue weighted by Crippen LogP contribution is 2.41. The molecule has 0 aliphatic carbocycles. The molecule has 1 amide bonds. The molecule has 8 heteroatoms. The van der Waals surface area contributed by atoms with Crippen LogP contribution in [0.2, 0.25) is 0 Å². The van der Waals surface area contributed by atoms with Crippen molar-refractivity contribution >= 4 is 13.5 Å². The van der Waals surface area contributed by atoms with Crippen molar-refractivity contribution in [2.24, 2.45) is 11.5 Å². The van der Waals surface area contributed by atoms with Crippen LogP contribution in [-0.4, -0.2) is 34.9 Å². The Morgan fingerprint density at radius 3 is 2.54 bits per heavy atom.